The second-order valence-electron chi connectivity index (χ2n) is 8.86. The Hall–Kier alpha value is -0.556. The summed E-state index contributed by atoms with van der Waals surface area (Å²) in [4.78, 5) is 0. The lowest BCUT2D eigenvalue weighted by atomic mass is 10.2. The maximum atomic E-state index is 6.27. The molecule has 1 heterocycles. The molecule has 116 valence electrons. The third kappa shape index (κ3) is 3.36. The Balaban J connectivity index is 3.01. The summed E-state index contributed by atoms with van der Waals surface area (Å²) < 4.78 is 6.27. The highest BCUT2D eigenvalue weighted by Gasteiger charge is 2.41. The van der Waals surface area contributed by atoms with Gasteiger partial charge in [0.05, 0.1) is 0 Å². The third-order valence-corrected chi connectivity index (χ3v) is 15.0. The van der Waals surface area contributed by atoms with Gasteiger partial charge < -0.3 is 4.43 Å². The van der Waals surface area contributed by atoms with Crippen molar-refractivity contribution in [3.63, 3.8) is 0 Å². The molecule has 5 heteroatoms. The molecule has 0 saturated heterocycles. The van der Waals surface area contributed by atoms with Crippen molar-refractivity contribution in [3.8, 4) is 5.88 Å². The zero-order chi connectivity index (χ0) is 16.0. The highest BCUT2D eigenvalue weighted by molar-refractivity contribution is 6.91. The van der Waals surface area contributed by atoms with Crippen LogP contribution in [0, 0.1) is 0 Å². The second kappa shape index (κ2) is 5.02. The molecule has 0 bridgehead atoms. The number of aromatic nitrogens is 2. The predicted octanol–water partition coefficient (Wildman–Crippen LogP) is 4.51. The number of nitrogens with one attached hydrogen (secondary N) is 1. The maximum Gasteiger partial charge on any atom is 0.252 e. The van der Waals surface area contributed by atoms with E-state index in [9.17, 15) is 0 Å². The molecule has 0 radical (unpaired) electrons. The number of aromatic amines is 1. The maximum absolute atomic E-state index is 6.27. The van der Waals surface area contributed by atoms with Gasteiger partial charge in [0.25, 0.3) is 8.32 Å². The summed E-state index contributed by atoms with van der Waals surface area (Å²) in [6.45, 7) is 23.0. The van der Waals surface area contributed by atoms with Crippen LogP contribution in [0.15, 0.2) is 6.07 Å². The van der Waals surface area contributed by atoms with E-state index < -0.39 is 16.4 Å². The molecule has 0 aromatic carbocycles. The first-order chi connectivity index (χ1) is 8.68. The standard InChI is InChI=1S/C15H32N2OSi2/c1-14(2,3)19(7,8)13-11-12(16-17-13)18-20(9,10)15(4,5)6/h11H,1-10H3,(H,16,17). The summed E-state index contributed by atoms with van der Waals surface area (Å²) in [5.74, 6) is 0.774. The molecule has 0 aliphatic rings. The largest absolute Gasteiger partial charge is 0.530 e. The minimum atomic E-state index is -1.80. The Bertz CT molecular complexity index is 465. The van der Waals surface area contributed by atoms with Crippen LogP contribution < -0.4 is 9.74 Å². The SMILES string of the molecule is CC(C)(C)[Si](C)(C)Oc1cc([Si](C)(C)C(C)(C)C)[nH]n1. The van der Waals surface area contributed by atoms with Crippen LogP contribution in [0.3, 0.4) is 0 Å². The average molecular weight is 313 g/mol. The molecule has 0 aliphatic carbocycles. The summed E-state index contributed by atoms with van der Waals surface area (Å²) in [5, 5.41) is 9.43. The molecule has 0 saturated carbocycles. The van der Waals surface area contributed by atoms with Crippen LogP contribution in [0.25, 0.3) is 0 Å². The Morgan fingerprint density at radius 3 is 1.85 bits per heavy atom. The van der Waals surface area contributed by atoms with E-state index in [2.05, 4.69) is 84.0 Å². The van der Waals surface area contributed by atoms with E-state index in [1.165, 1.54) is 5.32 Å². The predicted molar refractivity (Wildman–Crippen MR) is 93.2 cm³/mol. The monoisotopic (exact) mass is 312 g/mol. The van der Waals surface area contributed by atoms with Crippen LogP contribution in [0.2, 0.25) is 36.3 Å². The molecule has 0 unspecified atom stereocenters. The molecule has 3 nitrogen and oxygen atoms in total. The van der Waals surface area contributed by atoms with Crippen LogP contribution in [-0.4, -0.2) is 26.6 Å². The molecule has 0 amide bonds. The van der Waals surface area contributed by atoms with Crippen molar-refractivity contribution < 1.29 is 4.43 Å². The topological polar surface area (TPSA) is 37.9 Å². The molecule has 0 atom stereocenters. The van der Waals surface area contributed by atoms with Crippen molar-refractivity contribution in [1.29, 1.82) is 0 Å². The van der Waals surface area contributed by atoms with Gasteiger partial charge in [-0.1, -0.05) is 54.6 Å². The zero-order valence-electron chi connectivity index (χ0n) is 14.9. The molecule has 0 aliphatic heterocycles. The van der Waals surface area contributed by atoms with Gasteiger partial charge in [-0.05, 0) is 23.2 Å². The first-order valence-electron chi connectivity index (χ1n) is 7.43. The summed E-state index contributed by atoms with van der Waals surface area (Å²) in [6.07, 6.45) is 0. The summed E-state index contributed by atoms with van der Waals surface area (Å²) in [5.41, 5.74) is 0. The van der Waals surface area contributed by atoms with Gasteiger partial charge in [-0.3, -0.25) is 5.10 Å². The molecule has 1 aromatic rings. The molecule has 1 N–H and O–H groups in total. The van der Waals surface area contributed by atoms with Crippen LogP contribution in [-0.2, 0) is 0 Å². The van der Waals surface area contributed by atoms with Crippen molar-refractivity contribution in [2.75, 3.05) is 0 Å². The minimum Gasteiger partial charge on any atom is -0.530 e. The highest BCUT2D eigenvalue weighted by Crippen LogP contribution is 2.38. The molecule has 1 rings (SSSR count). The van der Waals surface area contributed by atoms with E-state index in [1.807, 2.05) is 0 Å². The van der Waals surface area contributed by atoms with E-state index in [4.69, 9.17) is 4.43 Å². The van der Waals surface area contributed by atoms with E-state index in [1.54, 1.807) is 0 Å². The van der Waals surface area contributed by atoms with Gasteiger partial charge in [-0.2, -0.15) is 0 Å². The third-order valence-electron chi connectivity index (χ3n) is 5.27. The summed E-state index contributed by atoms with van der Waals surface area (Å²) in [7, 11) is -3.37. The van der Waals surface area contributed by atoms with Gasteiger partial charge in [0.15, 0.2) is 0 Å². The molecular formula is C15H32N2OSi2. The van der Waals surface area contributed by atoms with Crippen LogP contribution >= 0.6 is 0 Å². The Morgan fingerprint density at radius 1 is 0.950 bits per heavy atom. The number of hydrogen-bond acceptors (Lipinski definition) is 2. The van der Waals surface area contributed by atoms with Crippen molar-refractivity contribution in [3.05, 3.63) is 6.07 Å². The van der Waals surface area contributed by atoms with E-state index >= 15 is 0 Å². The van der Waals surface area contributed by atoms with Crippen molar-refractivity contribution in [2.45, 2.75) is 77.8 Å². The van der Waals surface area contributed by atoms with Crippen LogP contribution in [0.4, 0.5) is 0 Å². The zero-order valence-corrected chi connectivity index (χ0v) is 16.9. The minimum absolute atomic E-state index is 0.198. The second-order valence-corrected chi connectivity index (χ2v) is 18.9. The fourth-order valence-electron chi connectivity index (χ4n) is 1.49. The highest BCUT2D eigenvalue weighted by atomic mass is 28.4. The smallest absolute Gasteiger partial charge is 0.252 e. The Kier molecular flexibility index (Phi) is 4.39. The van der Waals surface area contributed by atoms with Crippen molar-refractivity contribution in [2.24, 2.45) is 0 Å². The van der Waals surface area contributed by atoms with Crippen LogP contribution in [0.1, 0.15) is 41.5 Å². The summed E-state index contributed by atoms with van der Waals surface area (Å²) >= 11 is 0. The summed E-state index contributed by atoms with van der Waals surface area (Å²) in [6, 6.07) is 2.14. The lowest BCUT2D eigenvalue weighted by Gasteiger charge is -2.36. The van der Waals surface area contributed by atoms with Gasteiger partial charge in [0.2, 0.25) is 5.88 Å². The average Bonchev–Trinajstić information content (AvgIpc) is 2.62. The Morgan fingerprint density at radius 2 is 1.45 bits per heavy atom. The normalized spacial score (nSPS) is 14.5. The molecule has 0 spiro atoms. The molecule has 0 fully saturated rings. The lowest BCUT2D eigenvalue weighted by molar-refractivity contribution is 0.475. The van der Waals surface area contributed by atoms with E-state index in [0.29, 0.717) is 5.04 Å². The van der Waals surface area contributed by atoms with E-state index in [-0.39, 0.29) is 5.04 Å². The first kappa shape index (κ1) is 17.5. The molecule has 20 heavy (non-hydrogen) atoms. The van der Waals surface area contributed by atoms with Gasteiger partial charge in [-0.15, -0.1) is 5.10 Å². The fraction of sp³-hybridized carbons (Fsp3) is 0.800. The number of nitrogens with zero attached hydrogens (tertiary/aromatic N) is 1. The number of rotatable bonds is 3. The van der Waals surface area contributed by atoms with E-state index in [0.717, 1.165) is 5.88 Å². The van der Waals surface area contributed by atoms with Gasteiger partial charge in [-0.25, -0.2) is 0 Å². The van der Waals surface area contributed by atoms with Gasteiger partial charge >= 0.3 is 0 Å². The molecule has 1 aromatic heterocycles. The number of hydrogen-bond donors (Lipinski definition) is 1. The van der Waals surface area contributed by atoms with Gasteiger partial charge in [0.1, 0.15) is 8.07 Å². The van der Waals surface area contributed by atoms with Crippen molar-refractivity contribution >= 4 is 21.7 Å². The fourth-order valence-corrected chi connectivity index (χ4v) is 4.06. The quantitative estimate of drug-likeness (QED) is 0.834. The van der Waals surface area contributed by atoms with Crippen molar-refractivity contribution in [1.82, 2.24) is 10.2 Å². The van der Waals surface area contributed by atoms with Crippen LogP contribution in [0.5, 0.6) is 5.88 Å². The lowest BCUT2D eigenvalue weighted by Crippen LogP contribution is -2.50. The first-order valence-corrected chi connectivity index (χ1v) is 13.3. The molecular weight excluding hydrogens is 280 g/mol. The van der Waals surface area contributed by atoms with Gasteiger partial charge in [0, 0.05) is 11.4 Å². The Labute approximate surface area is 126 Å². The number of H-pyrrole nitrogens is 1.